The van der Waals surface area contributed by atoms with Gasteiger partial charge in [0.2, 0.25) is 11.8 Å². The highest BCUT2D eigenvalue weighted by atomic mass is 32.2. The van der Waals surface area contributed by atoms with Crippen LogP contribution in [-0.4, -0.2) is 104 Å². The van der Waals surface area contributed by atoms with Gasteiger partial charge >= 0.3 is 0 Å². The van der Waals surface area contributed by atoms with Crippen LogP contribution in [0.25, 0.3) is 0 Å². The number of β-amino-alcohol motifs (C(OH)–C–C–N with tert-alkyl or cyclic N) is 1. The van der Waals surface area contributed by atoms with E-state index < -0.39 is 51.9 Å². The van der Waals surface area contributed by atoms with Gasteiger partial charge in [0.25, 0.3) is 0 Å². The summed E-state index contributed by atoms with van der Waals surface area (Å²) >= 11 is 0. The first-order valence-electron chi connectivity index (χ1n) is 17.0. The van der Waals surface area contributed by atoms with Gasteiger partial charge in [0.1, 0.15) is 12.1 Å². The third-order valence-corrected chi connectivity index (χ3v) is 11.1. The zero-order chi connectivity index (χ0) is 32.8. The molecule has 256 valence electrons. The number of unbranched alkanes of at least 4 members (excludes halogenated alkanes) is 1. The molecule has 1 aromatic rings. The van der Waals surface area contributed by atoms with Crippen molar-refractivity contribution in [2.24, 2.45) is 11.8 Å². The molecule has 0 spiro atoms. The summed E-state index contributed by atoms with van der Waals surface area (Å²) in [5.74, 6) is -1.78. The third kappa shape index (κ3) is 12.9. The maximum atomic E-state index is 13.9. The summed E-state index contributed by atoms with van der Waals surface area (Å²) in [4.78, 5) is 29.6. The van der Waals surface area contributed by atoms with Crippen LogP contribution in [0.15, 0.2) is 24.3 Å². The molecule has 45 heavy (non-hydrogen) atoms. The van der Waals surface area contributed by atoms with E-state index in [2.05, 4.69) is 15.5 Å². The van der Waals surface area contributed by atoms with Crippen LogP contribution < -0.4 is 10.6 Å². The Kier molecular flexibility index (Phi) is 15.7. The highest BCUT2D eigenvalue weighted by molar-refractivity contribution is 7.91. The van der Waals surface area contributed by atoms with Gasteiger partial charge in [-0.25, -0.2) is 8.42 Å². The fraction of sp³-hybridized carbons (Fsp3) is 0.765. The van der Waals surface area contributed by atoms with E-state index in [-0.39, 0.29) is 24.5 Å². The average molecular weight is 652 g/mol. The number of carbonyl (C=O) groups excluding carboxylic acids is 2. The number of aryl methyl sites for hydroxylation is 1. The fourth-order valence-corrected chi connectivity index (χ4v) is 7.63. The van der Waals surface area contributed by atoms with Crippen LogP contribution in [0.2, 0.25) is 0 Å². The van der Waals surface area contributed by atoms with Crippen molar-refractivity contribution in [1.29, 1.82) is 0 Å². The van der Waals surface area contributed by atoms with E-state index >= 15 is 0 Å². The van der Waals surface area contributed by atoms with E-state index in [4.69, 9.17) is 4.74 Å². The zero-order valence-corrected chi connectivity index (χ0v) is 28.4. The number of rotatable bonds is 18. The number of nitrogens with zero attached hydrogens (tertiary/aromatic N) is 1. The smallest absolute Gasteiger partial charge is 0.242 e. The number of amides is 2. The number of aliphatic hydroxyl groups is 2. The molecule has 1 aliphatic carbocycles. The van der Waals surface area contributed by atoms with E-state index in [1.54, 1.807) is 6.92 Å². The number of aliphatic hydroxyl groups excluding tert-OH is 2. The van der Waals surface area contributed by atoms with Gasteiger partial charge in [-0.3, -0.25) is 14.5 Å². The molecule has 2 amide bonds. The maximum absolute atomic E-state index is 13.9. The third-order valence-electron chi connectivity index (χ3n) is 9.30. The van der Waals surface area contributed by atoms with Crippen molar-refractivity contribution in [3.8, 4) is 0 Å². The lowest BCUT2D eigenvalue weighted by molar-refractivity contribution is -0.132. The first-order chi connectivity index (χ1) is 21.5. The lowest BCUT2D eigenvalue weighted by Gasteiger charge is -2.35. The number of sulfone groups is 1. The second-order valence-corrected chi connectivity index (χ2v) is 15.5. The van der Waals surface area contributed by atoms with Gasteiger partial charge in [-0.15, -0.1) is 0 Å². The van der Waals surface area contributed by atoms with E-state index in [1.807, 2.05) is 38.1 Å². The summed E-state index contributed by atoms with van der Waals surface area (Å²) in [6.07, 6.45) is 5.86. The molecule has 0 bridgehead atoms. The van der Waals surface area contributed by atoms with Crippen LogP contribution in [-0.2, 0) is 30.6 Å². The molecule has 1 heterocycles. The van der Waals surface area contributed by atoms with Crippen molar-refractivity contribution in [3.63, 3.8) is 0 Å². The van der Waals surface area contributed by atoms with E-state index in [0.29, 0.717) is 51.5 Å². The van der Waals surface area contributed by atoms with Crippen molar-refractivity contribution in [1.82, 2.24) is 15.5 Å². The summed E-state index contributed by atoms with van der Waals surface area (Å²) < 4.78 is 30.7. The Morgan fingerprint density at radius 3 is 2.40 bits per heavy atom. The number of ether oxygens (including phenoxy) is 1. The molecule has 1 saturated heterocycles. The van der Waals surface area contributed by atoms with Crippen LogP contribution in [0.3, 0.4) is 0 Å². The molecule has 0 aromatic heterocycles. The van der Waals surface area contributed by atoms with Crippen molar-refractivity contribution in [3.05, 3.63) is 35.4 Å². The average Bonchev–Trinajstić information content (AvgIpc) is 3.02. The number of benzene rings is 1. The Labute approximate surface area is 270 Å². The van der Waals surface area contributed by atoms with Gasteiger partial charge in [-0.1, -0.05) is 88.6 Å². The number of nitrogens with one attached hydrogen (secondary N) is 2. The maximum Gasteiger partial charge on any atom is 0.242 e. The van der Waals surface area contributed by atoms with Gasteiger partial charge in [0.05, 0.1) is 37.0 Å². The largest absolute Gasteiger partial charge is 0.389 e. The monoisotopic (exact) mass is 651 g/mol. The van der Waals surface area contributed by atoms with Gasteiger partial charge in [0.15, 0.2) is 9.84 Å². The molecule has 2 aliphatic rings. The SMILES string of the molecule is CCCC[C@H](NC(=O)[C@H](Cc1cccc(C)c1)CS(=O)(=O)CC)C(=O)N[C@@H](CC1CCCCC1)C(O)[C@@H](O)CN1CCOCC1. The van der Waals surface area contributed by atoms with Gasteiger partial charge in [0, 0.05) is 25.4 Å². The molecule has 1 unspecified atom stereocenters. The van der Waals surface area contributed by atoms with Crippen molar-refractivity contribution in [2.45, 2.75) is 109 Å². The normalized spacial score (nSPS) is 20.1. The molecule has 1 aliphatic heterocycles. The summed E-state index contributed by atoms with van der Waals surface area (Å²) in [6.45, 7) is 8.30. The summed E-state index contributed by atoms with van der Waals surface area (Å²) in [5.41, 5.74) is 1.88. The van der Waals surface area contributed by atoms with Crippen molar-refractivity contribution in [2.75, 3.05) is 44.4 Å². The molecule has 11 heteroatoms. The first-order valence-corrected chi connectivity index (χ1v) is 18.9. The predicted molar refractivity (Wildman–Crippen MR) is 177 cm³/mol. The van der Waals surface area contributed by atoms with Crippen LogP contribution in [0, 0.1) is 18.8 Å². The molecular formula is C34H57N3O7S. The Bertz CT molecular complexity index is 1150. The Balaban J connectivity index is 1.77. The van der Waals surface area contributed by atoms with Crippen molar-refractivity contribution >= 4 is 21.7 Å². The number of hydrogen-bond acceptors (Lipinski definition) is 8. The Morgan fingerprint density at radius 2 is 1.76 bits per heavy atom. The van der Waals surface area contributed by atoms with E-state index in [9.17, 15) is 28.2 Å². The number of morpholine rings is 1. The zero-order valence-electron chi connectivity index (χ0n) is 27.6. The minimum atomic E-state index is -3.47. The molecule has 2 fully saturated rings. The molecule has 1 aromatic carbocycles. The molecule has 5 atom stereocenters. The minimum Gasteiger partial charge on any atom is -0.389 e. The molecule has 3 rings (SSSR count). The Morgan fingerprint density at radius 1 is 1.04 bits per heavy atom. The molecule has 10 nitrogen and oxygen atoms in total. The highest BCUT2D eigenvalue weighted by Gasteiger charge is 2.35. The second-order valence-electron chi connectivity index (χ2n) is 13.1. The Hall–Kier alpha value is -2.05. The van der Waals surface area contributed by atoms with Gasteiger partial charge in [-0.2, -0.15) is 0 Å². The lowest BCUT2D eigenvalue weighted by atomic mass is 9.83. The quantitative estimate of drug-likeness (QED) is 0.190. The minimum absolute atomic E-state index is 0.0716. The first kappa shape index (κ1) is 37.4. The van der Waals surface area contributed by atoms with Crippen molar-refractivity contribution < 1.29 is 33.0 Å². The predicted octanol–water partition coefficient (Wildman–Crippen LogP) is 2.77. The molecular weight excluding hydrogens is 594 g/mol. The van der Waals surface area contributed by atoms with Crippen LogP contribution in [0.4, 0.5) is 0 Å². The number of carbonyl (C=O) groups is 2. The lowest BCUT2D eigenvalue weighted by Crippen LogP contribution is -2.57. The standard InChI is InChI=1S/C34H57N3O7S/c1-4-6-15-29(35-33(40)28(24-45(42,43)5-2)21-27-14-10-11-25(3)20-27)34(41)36-30(22-26-12-8-7-9-13-26)32(39)31(38)23-37-16-18-44-19-17-37/h10-11,14,20,26,28-32,38-39H,4-9,12-13,15-19,21-24H2,1-3H3,(H,35,40)(H,36,41)/t28-,29+,30+,31+,32?/m1/s1. The fourth-order valence-electron chi connectivity index (χ4n) is 6.52. The van der Waals surface area contributed by atoms with E-state index in [0.717, 1.165) is 43.2 Å². The summed E-state index contributed by atoms with van der Waals surface area (Å²) in [6, 6.07) is 6.09. The molecule has 0 radical (unpaired) electrons. The van der Waals surface area contributed by atoms with Gasteiger partial charge in [-0.05, 0) is 37.7 Å². The van der Waals surface area contributed by atoms with Crippen LogP contribution in [0.1, 0.15) is 82.8 Å². The van der Waals surface area contributed by atoms with Crippen LogP contribution >= 0.6 is 0 Å². The second kappa shape index (κ2) is 18.9. The van der Waals surface area contributed by atoms with Crippen LogP contribution in [0.5, 0.6) is 0 Å². The highest BCUT2D eigenvalue weighted by Crippen LogP contribution is 2.28. The molecule has 4 N–H and O–H groups in total. The molecule has 1 saturated carbocycles. The topological polar surface area (TPSA) is 145 Å². The van der Waals surface area contributed by atoms with Gasteiger partial charge < -0.3 is 25.6 Å². The summed E-state index contributed by atoms with van der Waals surface area (Å²) in [7, 11) is -3.47. The number of hydrogen-bond donors (Lipinski definition) is 4. The summed E-state index contributed by atoms with van der Waals surface area (Å²) in [5, 5.41) is 28.4. The van der Waals surface area contributed by atoms with E-state index in [1.165, 1.54) is 6.42 Å².